The molecule has 3 heterocycles. The predicted molar refractivity (Wildman–Crippen MR) is 192 cm³/mol. The summed E-state index contributed by atoms with van der Waals surface area (Å²) < 4.78 is 18.2. The predicted octanol–water partition coefficient (Wildman–Crippen LogP) is 11.3. The highest BCUT2D eigenvalue weighted by molar-refractivity contribution is 7.98. The van der Waals surface area contributed by atoms with E-state index < -0.39 is 0 Å². The van der Waals surface area contributed by atoms with Gasteiger partial charge in [-0.2, -0.15) is 0 Å². The summed E-state index contributed by atoms with van der Waals surface area (Å²) >= 11 is 1.68. The van der Waals surface area contributed by atoms with Gasteiger partial charge in [0.2, 0.25) is 17.7 Å². The number of benzene rings is 6. The average Bonchev–Trinajstić information content (AvgIpc) is 3.89. The molecule has 0 aliphatic rings. The number of thioether (sulfide) groups is 1. The first-order valence-corrected chi connectivity index (χ1v) is 16.7. The van der Waals surface area contributed by atoms with Crippen LogP contribution in [0, 0.1) is 0 Å². The Morgan fingerprint density at radius 1 is 0.438 bits per heavy atom. The molecule has 0 fully saturated rings. The third-order valence-electron chi connectivity index (χ3n) is 8.30. The van der Waals surface area contributed by atoms with Crippen molar-refractivity contribution in [1.29, 1.82) is 0 Å². The molecule has 0 atom stereocenters. The molecule has 0 aliphatic carbocycles. The number of hydrogen-bond donors (Lipinski definition) is 0. The van der Waals surface area contributed by atoms with Crippen molar-refractivity contribution in [2.75, 3.05) is 11.2 Å². The van der Waals surface area contributed by atoms with Gasteiger partial charge >= 0.3 is 0 Å². The van der Waals surface area contributed by atoms with Crippen molar-refractivity contribution in [1.82, 2.24) is 15.0 Å². The third kappa shape index (κ3) is 5.09. The van der Waals surface area contributed by atoms with Crippen LogP contribution in [-0.4, -0.2) is 21.2 Å². The summed E-state index contributed by atoms with van der Waals surface area (Å²) in [6.07, 6.45) is 2.05. The molecule has 6 aromatic carbocycles. The second-order valence-corrected chi connectivity index (χ2v) is 12.2. The maximum atomic E-state index is 6.15. The largest absolute Gasteiger partial charge is 0.436 e. The van der Waals surface area contributed by atoms with E-state index in [1.807, 2.05) is 97.1 Å². The molecule has 0 amide bonds. The lowest BCUT2D eigenvalue weighted by molar-refractivity contribution is 0.619. The van der Waals surface area contributed by atoms with Crippen molar-refractivity contribution in [2.45, 2.75) is 4.90 Å². The SMILES string of the molecule is CSc1ccc2nc(-c3ccc(N(c4ccc(-c5nc6ccccc6o5)cc4)c4ccc(-c5nc6ccccc6o5)cc4)cc3)oc2c1. The Morgan fingerprint density at radius 3 is 1.25 bits per heavy atom. The lowest BCUT2D eigenvalue weighted by Crippen LogP contribution is -2.09. The monoisotopic (exact) mass is 642 g/mol. The highest BCUT2D eigenvalue weighted by Gasteiger charge is 2.17. The van der Waals surface area contributed by atoms with Gasteiger partial charge < -0.3 is 18.2 Å². The Bertz CT molecular complexity index is 2370. The van der Waals surface area contributed by atoms with Gasteiger partial charge in [-0.05, 0) is 122 Å². The van der Waals surface area contributed by atoms with Crippen LogP contribution in [-0.2, 0) is 0 Å². The zero-order valence-electron chi connectivity index (χ0n) is 25.7. The number of oxazole rings is 3. The zero-order chi connectivity index (χ0) is 32.0. The fraction of sp³-hybridized carbons (Fsp3) is 0.0250. The Balaban J connectivity index is 1.08. The standard InChI is InChI=1S/C40H26N4O3S/c1-48-31-22-23-34-37(24-31)47-40(43-34)27-14-20-30(21-15-27)44(28-16-10-25(11-17-28)38-41-32-6-2-4-8-35(32)45-38)29-18-12-26(13-19-29)39-42-33-7-3-5-9-36(33)46-39/h2-24H,1H3. The lowest BCUT2D eigenvalue weighted by Gasteiger charge is -2.26. The molecule has 0 bridgehead atoms. The van der Waals surface area contributed by atoms with Crippen LogP contribution in [0.3, 0.4) is 0 Å². The minimum Gasteiger partial charge on any atom is -0.436 e. The minimum atomic E-state index is 0.587. The van der Waals surface area contributed by atoms with E-state index >= 15 is 0 Å². The number of para-hydroxylation sites is 4. The van der Waals surface area contributed by atoms with Gasteiger partial charge in [0.25, 0.3) is 0 Å². The van der Waals surface area contributed by atoms with E-state index in [0.717, 1.165) is 71.9 Å². The summed E-state index contributed by atoms with van der Waals surface area (Å²) in [5.74, 6) is 1.76. The molecular formula is C40H26N4O3S. The second-order valence-electron chi connectivity index (χ2n) is 11.3. The van der Waals surface area contributed by atoms with Crippen LogP contribution in [0.15, 0.2) is 158 Å². The van der Waals surface area contributed by atoms with Crippen molar-refractivity contribution in [2.24, 2.45) is 0 Å². The van der Waals surface area contributed by atoms with Crippen LogP contribution in [0.25, 0.3) is 67.7 Å². The Hall–Kier alpha value is -6.12. The molecule has 48 heavy (non-hydrogen) atoms. The van der Waals surface area contributed by atoms with E-state index in [9.17, 15) is 0 Å². The summed E-state index contributed by atoms with van der Waals surface area (Å²) in [5.41, 5.74) is 10.4. The topological polar surface area (TPSA) is 81.3 Å². The van der Waals surface area contributed by atoms with Gasteiger partial charge in [-0.15, -0.1) is 11.8 Å². The Kier molecular flexibility index (Phi) is 6.80. The summed E-state index contributed by atoms with van der Waals surface area (Å²) in [6, 6.07) is 46.4. The molecule has 0 radical (unpaired) electrons. The normalized spacial score (nSPS) is 11.5. The molecule has 0 saturated heterocycles. The van der Waals surface area contributed by atoms with Crippen LogP contribution < -0.4 is 4.90 Å². The fourth-order valence-electron chi connectivity index (χ4n) is 5.85. The van der Waals surface area contributed by atoms with Crippen molar-refractivity contribution >= 4 is 62.1 Å². The van der Waals surface area contributed by atoms with Crippen LogP contribution in [0.1, 0.15) is 0 Å². The molecular weight excluding hydrogens is 617 g/mol. The number of anilines is 3. The van der Waals surface area contributed by atoms with E-state index in [4.69, 9.17) is 18.2 Å². The van der Waals surface area contributed by atoms with E-state index in [0.29, 0.717) is 17.7 Å². The van der Waals surface area contributed by atoms with Gasteiger partial charge in [0, 0.05) is 38.6 Å². The smallest absolute Gasteiger partial charge is 0.227 e. The van der Waals surface area contributed by atoms with Gasteiger partial charge in [-0.3, -0.25) is 0 Å². The van der Waals surface area contributed by atoms with Gasteiger partial charge in [0.05, 0.1) is 0 Å². The van der Waals surface area contributed by atoms with E-state index in [1.165, 1.54) is 0 Å². The highest BCUT2D eigenvalue weighted by atomic mass is 32.2. The summed E-state index contributed by atoms with van der Waals surface area (Å²) in [6.45, 7) is 0. The van der Waals surface area contributed by atoms with E-state index in [-0.39, 0.29) is 0 Å². The number of nitrogens with zero attached hydrogens (tertiary/aromatic N) is 4. The molecule has 9 aromatic rings. The lowest BCUT2D eigenvalue weighted by atomic mass is 10.1. The molecule has 0 unspecified atom stereocenters. The maximum absolute atomic E-state index is 6.15. The van der Waals surface area contributed by atoms with Crippen molar-refractivity contribution in [3.8, 4) is 34.4 Å². The first-order chi connectivity index (χ1) is 23.7. The Morgan fingerprint density at radius 2 is 0.833 bits per heavy atom. The average molecular weight is 643 g/mol. The molecule has 0 saturated carbocycles. The minimum absolute atomic E-state index is 0.587. The van der Waals surface area contributed by atoms with Crippen molar-refractivity contribution < 1.29 is 13.3 Å². The van der Waals surface area contributed by atoms with Gasteiger partial charge in [0.1, 0.15) is 16.6 Å². The number of hydrogen-bond acceptors (Lipinski definition) is 8. The molecule has 230 valence electrons. The van der Waals surface area contributed by atoms with Gasteiger partial charge in [0.15, 0.2) is 16.7 Å². The highest BCUT2D eigenvalue weighted by Crippen LogP contribution is 2.38. The molecule has 8 heteroatoms. The van der Waals surface area contributed by atoms with Crippen LogP contribution in [0.2, 0.25) is 0 Å². The third-order valence-corrected chi connectivity index (χ3v) is 9.03. The number of rotatable bonds is 7. The number of fused-ring (bicyclic) bond motifs is 3. The summed E-state index contributed by atoms with van der Waals surface area (Å²) in [5, 5.41) is 0. The first kappa shape index (κ1) is 28.1. The van der Waals surface area contributed by atoms with Gasteiger partial charge in [-0.1, -0.05) is 24.3 Å². The second kappa shape index (κ2) is 11.6. The maximum Gasteiger partial charge on any atom is 0.227 e. The zero-order valence-corrected chi connectivity index (χ0v) is 26.5. The van der Waals surface area contributed by atoms with Crippen molar-refractivity contribution in [3.63, 3.8) is 0 Å². The molecule has 0 spiro atoms. The van der Waals surface area contributed by atoms with Gasteiger partial charge in [-0.25, -0.2) is 15.0 Å². The fourth-order valence-corrected chi connectivity index (χ4v) is 6.28. The summed E-state index contributed by atoms with van der Waals surface area (Å²) in [4.78, 5) is 17.4. The number of aromatic nitrogens is 3. The Labute approximate surface area is 279 Å². The molecule has 7 nitrogen and oxygen atoms in total. The molecule has 0 aliphatic heterocycles. The van der Waals surface area contributed by atoms with E-state index in [2.05, 4.69) is 63.6 Å². The van der Waals surface area contributed by atoms with Crippen LogP contribution in [0.4, 0.5) is 17.1 Å². The van der Waals surface area contributed by atoms with Crippen molar-refractivity contribution in [3.05, 3.63) is 140 Å². The summed E-state index contributed by atoms with van der Waals surface area (Å²) in [7, 11) is 0. The van der Waals surface area contributed by atoms with Crippen LogP contribution >= 0.6 is 11.8 Å². The quantitative estimate of drug-likeness (QED) is 0.159. The van der Waals surface area contributed by atoms with Crippen LogP contribution in [0.5, 0.6) is 0 Å². The first-order valence-electron chi connectivity index (χ1n) is 15.5. The van der Waals surface area contributed by atoms with E-state index in [1.54, 1.807) is 11.8 Å². The molecule has 9 rings (SSSR count). The molecule has 3 aromatic heterocycles. The molecule has 0 N–H and O–H groups in total.